The Morgan fingerprint density at radius 1 is 1.43 bits per heavy atom. The van der Waals surface area contributed by atoms with Crippen molar-refractivity contribution < 1.29 is 18.3 Å². The third-order valence-electron chi connectivity index (χ3n) is 2.56. The molecule has 0 saturated heterocycles. The van der Waals surface area contributed by atoms with E-state index in [-0.39, 0.29) is 17.2 Å². The molecule has 0 aliphatic carbocycles. The molecule has 21 heavy (non-hydrogen) atoms. The van der Waals surface area contributed by atoms with E-state index in [0.29, 0.717) is 17.8 Å². The van der Waals surface area contributed by atoms with E-state index in [4.69, 9.17) is 5.11 Å². The van der Waals surface area contributed by atoms with Gasteiger partial charge in [-0.3, -0.25) is 9.48 Å². The van der Waals surface area contributed by atoms with Crippen LogP contribution in [0, 0.1) is 0 Å². The first kappa shape index (κ1) is 15.6. The molecule has 10 heteroatoms. The predicted octanol–water partition coefficient (Wildman–Crippen LogP) is 0.335. The molecular formula is C11H14N4O4S2. The molecule has 0 amide bonds. The smallest absolute Gasteiger partial charge is 0.308 e. The number of rotatable bonds is 8. The van der Waals surface area contributed by atoms with Gasteiger partial charge in [-0.2, -0.15) is 0 Å². The lowest BCUT2D eigenvalue weighted by Gasteiger charge is -2.04. The number of sulfonamides is 1. The van der Waals surface area contributed by atoms with Gasteiger partial charge in [0, 0.05) is 24.2 Å². The molecule has 2 N–H and O–H groups in total. The van der Waals surface area contributed by atoms with Crippen LogP contribution in [-0.2, 0) is 27.8 Å². The van der Waals surface area contributed by atoms with Crippen LogP contribution in [0.1, 0.15) is 11.3 Å². The number of hydrogen-bond donors (Lipinski definition) is 2. The highest BCUT2D eigenvalue weighted by molar-refractivity contribution is 7.91. The minimum atomic E-state index is -3.59. The van der Waals surface area contributed by atoms with Crippen molar-refractivity contribution in [3.63, 3.8) is 0 Å². The molecule has 0 unspecified atom stereocenters. The van der Waals surface area contributed by atoms with E-state index in [0.717, 1.165) is 11.3 Å². The fourth-order valence-corrected chi connectivity index (χ4v) is 4.08. The number of aromatic nitrogens is 3. The van der Waals surface area contributed by atoms with Gasteiger partial charge in [-0.25, -0.2) is 13.1 Å². The molecular weight excluding hydrogens is 316 g/mol. The molecule has 2 aromatic heterocycles. The Morgan fingerprint density at radius 3 is 2.90 bits per heavy atom. The largest absolute Gasteiger partial charge is 0.481 e. The molecule has 114 valence electrons. The van der Waals surface area contributed by atoms with Gasteiger partial charge in [0.15, 0.2) is 0 Å². The Kier molecular flexibility index (Phi) is 5.04. The van der Waals surface area contributed by atoms with Crippen molar-refractivity contribution in [3.8, 4) is 0 Å². The highest BCUT2D eigenvalue weighted by atomic mass is 32.2. The number of carboxylic acids is 1. The van der Waals surface area contributed by atoms with E-state index in [2.05, 4.69) is 15.0 Å². The highest BCUT2D eigenvalue weighted by Gasteiger charge is 2.17. The maximum Gasteiger partial charge on any atom is 0.308 e. The fourth-order valence-electron chi connectivity index (χ4n) is 1.62. The standard InChI is InChI=1S/C11H14N4O4S2/c16-10(17)8-9-2-3-11(20-9)21(18,19)13-4-1-6-15-7-5-12-14-15/h2-3,5,7,13H,1,4,6,8H2,(H,16,17). The molecule has 0 aliphatic heterocycles. The van der Waals surface area contributed by atoms with Crippen molar-refractivity contribution >= 4 is 27.3 Å². The molecule has 2 aromatic rings. The zero-order valence-electron chi connectivity index (χ0n) is 11.0. The van der Waals surface area contributed by atoms with Gasteiger partial charge in [-0.1, -0.05) is 5.21 Å². The number of carbonyl (C=O) groups is 1. The third-order valence-corrected chi connectivity index (χ3v) is 5.59. The average molecular weight is 330 g/mol. The zero-order chi connectivity index (χ0) is 15.3. The van der Waals surface area contributed by atoms with Gasteiger partial charge >= 0.3 is 5.97 Å². The molecule has 0 bridgehead atoms. The van der Waals surface area contributed by atoms with E-state index < -0.39 is 16.0 Å². The summed E-state index contributed by atoms with van der Waals surface area (Å²) in [5.41, 5.74) is 0. The summed E-state index contributed by atoms with van der Waals surface area (Å²) in [5, 5.41) is 16.1. The molecule has 0 atom stereocenters. The predicted molar refractivity (Wildman–Crippen MR) is 75.5 cm³/mol. The van der Waals surface area contributed by atoms with Crippen molar-refractivity contribution in [2.45, 2.75) is 23.6 Å². The number of thiophene rings is 1. The maximum absolute atomic E-state index is 12.0. The zero-order valence-corrected chi connectivity index (χ0v) is 12.6. The van der Waals surface area contributed by atoms with Gasteiger partial charge in [-0.15, -0.1) is 16.4 Å². The second kappa shape index (κ2) is 6.78. The van der Waals surface area contributed by atoms with Crippen molar-refractivity contribution in [2.75, 3.05) is 6.54 Å². The number of hydrogen-bond acceptors (Lipinski definition) is 6. The van der Waals surface area contributed by atoms with E-state index >= 15 is 0 Å². The van der Waals surface area contributed by atoms with Gasteiger partial charge in [0.25, 0.3) is 0 Å². The number of aliphatic carboxylic acids is 1. The maximum atomic E-state index is 12.0. The summed E-state index contributed by atoms with van der Waals surface area (Å²) in [6, 6.07) is 2.94. The molecule has 0 aliphatic rings. The monoisotopic (exact) mass is 330 g/mol. The van der Waals surface area contributed by atoms with E-state index in [1.807, 2.05) is 0 Å². The van der Waals surface area contributed by atoms with Crippen molar-refractivity contribution in [3.05, 3.63) is 29.4 Å². The Morgan fingerprint density at radius 2 is 2.24 bits per heavy atom. The Bertz CT molecular complexity index is 694. The first-order chi connectivity index (χ1) is 9.97. The average Bonchev–Trinajstić information content (AvgIpc) is 3.05. The Labute approximate surface area is 125 Å². The summed E-state index contributed by atoms with van der Waals surface area (Å²) in [6.07, 6.45) is 3.66. The molecule has 0 aromatic carbocycles. The molecule has 0 saturated carbocycles. The van der Waals surface area contributed by atoms with Gasteiger partial charge in [-0.05, 0) is 18.6 Å². The first-order valence-corrected chi connectivity index (χ1v) is 8.41. The van der Waals surface area contributed by atoms with Crippen LogP contribution in [0.25, 0.3) is 0 Å². The molecule has 2 rings (SSSR count). The van der Waals surface area contributed by atoms with Crippen molar-refractivity contribution in [2.24, 2.45) is 0 Å². The van der Waals surface area contributed by atoms with Crippen molar-refractivity contribution in [1.82, 2.24) is 19.7 Å². The first-order valence-electron chi connectivity index (χ1n) is 6.11. The summed E-state index contributed by atoms with van der Waals surface area (Å²) < 4.78 is 28.2. The van der Waals surface area contributed by atoms with E-state index in [1.54, 1.807) is 17.1 Å². The second-order valence-electron chi connectivity index (χ2n) is 4.21. The summed E-state index contributed by atoms with van der Waals surface area (Å²) in [5.74, 6) is -0.985. The van der Waals surface area contributed by atoms with Crippen LogP contribution in [0.2, 0.25) is 0 Å². The summed E-state index contributed by atoms with van der Waals surface area (Å²) >= 11 is 0.965. The van der Waals surface area contributed by atoms with Crippen LogP contribution in [0.3, 0.4) is 0 Å². The highest BCUT2D eigenvalue weighted by Crippen LogP contribution is 2.21. The number of carboxylic acid groups (broad SMARTS) is 1. The third kappa shape index (κ3) is 4.62. The Hall–Kier alpha value is -1.78. The molecule has 0 spiro atoms. The summed E-state index contributed by atoms with van der Waals surface area (Å²) in [7, 11) is -3.59. The van der Waals surface area contributed by atoms with Gasteiger partial charge in [0.1, 0.15) is 4.21 Å². The number of nitrogens with one attached hydrogen (secondary N) is 1. The second-order valence-corrected chi connectivity index (χ2v) is 7.37. The van der Waals surface area contributed by atoms with Gasteiger partial charge in [0.2, 0.25) is 10.0 Å². The fraction of sp³-hybridized carbons (Fsp3) is 0.364. The van der Waals surface area contributed by atoms with Crippen LogP contribution in [-0.4, -0.2) is 41.0 Å². The molecule has 8 nitrogen and oxygen atoms in total. The summed E-state index contributed by atoms with van der Waals surface area (Å²) in [6.45, 7) is 0.839. The lowest BCUT2D eigenvalue weighted by Crippen LogP contribution is -2.24. The lowest BCUT2D eigenvalue weighted by atomic mass is 10.3. The van der Waals surface area contributed by atoms with Gasteiger partial charge in [0.05, 0.1) is 12.6 Å². The van der Waals surface area contributed by atoms with Crippen LogP contribution in [0.15, 0.2) is 28.7 Å². The molecule has 2 heterocycles. The lowest BCUT2D eigenvalue weighted by molar-refractivity contribution is -0.136. The molecule has 0 radical (unpaired) electrons. The Balaban J connectivity index is 1.86. The van der Waals surface area contributed by atoms with Crippen LogP contribution >= 0.6 is 11.3 Å². The van der Waals surface area contributed by atoms with Crippen LogP contribution < -0.4 is 4.72 Å². The SMILES string of the molecule is O=C(O)Cc1ccc(S(=O)(=O)NCCCn2ccnn2)s1. The van der Waals surface area contributed by atoms with Crippen molar-refractivity contribution in [1.29, 1.82) is 0 Å². The molecule has 0 fully saturated rings. The van der Waals surface area contributed by atoms with E-state index in [9.17, 15) is 13.2 Å². The van der Waals surface area contributed by atoms with Crippen LogP contribution in [0.5, 0.6) is 0 Å². The number of aryl methyl sites for hydroxylation is 1. The minimum Gasteiger partial charge on any atom is -0.481 e. The summed E-state index contributed by atoms with van der Waals surface area (Å²) in [4.78, 5) is 11.1. The topological polar surface area (TPSA) is 114 Å². The quantitative estimate of drug-likeness (QED) is 0.674. The minimum absolute atomic E-state index is 0.125. The normalized spacial score (nSPS) is 11.6. The number of nitrogens with zero attached hydrogens (tertiary/aromatic N) is 3. The van der Waals surface area contributed by atoms with E-state index in [1.165, 1.54) is 12.1 Å². The van der Waals surface area contributed by atoms with Gasteiger partial charge < -0.3 is 5.11 Å². The van der Waals surface area contributed by atoms with Crippen LogP contribution in [0.4, 0.5) is 0 Å².